The van der Waals surface area contributed by atoms with Crippen LogP contribution in [0.25, 0.3) is 55.3 Å². The summed E-state index contributed by atoms with van der Waals surface area (Å²) in [6.45, 7) is 0. The zero-order valence-corrected chi connectivity index (χ0v) is 45.5. The number of fused-ring (bicyclic) bond motifs is 3. The fourth-order valence-corrected chi connectivity index (χ4v) is 11.5. The van der Waals surface area contributed by atoms with E-state index in [-0.39, 0.29) is 0 Å². The van der Waals surface area contributed by atoms with Crippen LogP contribution in [0.2, 0.25) is 0 Å². The van der Waals surface area contributed by atoms with Gasteiger partial charge in [0.15, 0.2) is 0 Å². The van der Waals surface area contributed by atoms with Crippen molar-refractivity contribution in [1.29, 1.82) is 0 Å². The topological polar surface area (TPSA) is 26.1 Å². The largest absolute Gasteiger partial charge is 0.455 e. The number of anilines is 12. The van der Waals surface area contributed by atoms with E-state index in [1.54, 1.807) is 0 Å². The smallest absolute Gasteiger partial charge is 0.143 e. The van der Waals surface area contributed by atoms with Crippen molar-refractivity contribution in [3.63, 3.8) is 0 Å². The lowest BCUT2D eigenvalue weighted by atomic mass is 9.93. The molecule has 0 spiro atoms. The summed E-state index contributed by atoms with van der Waals surface area (Å²) in [7, 11) is 0. The Hall–Kier alpha value is -11.1. The predicted molar refractivity (Wildman–Crippen MR) is 349 cm³/mol. The molecule has 394 valence electrons. The van der Waals surface area contributed by atoms with Crippen LogP contribution in [0.1, 0.15) is 0 Å². The summed E-state index contributed by atoms with van der Waals surface area (Å²) in [5.74, 6) is 0. The SMILES string of the molecule is c1ccc(N(c2ccccc2)c2ccc(-c3cc(N(c4ccccc4)c4ccccc4)c(-c4ccc(N(c5ccccc5)c5ccc(-c6cccc7c6oc6ccccc67)cc5)cc4)cc3N(c3ccccc3)c3ccccc3)cc2)cc1. The highest BCUT2D eigenvalue weighted by Crippen LogP contribution is 2.51. The molecule has 0 unspecified atom stereocenters. The summed E-state index contributed by atoms with van der Waals surface area (Å²) in [5.41, 5.74) is 20.8. The first-order valence-electron chi connectivity index (χ1n) is 28.2. The van der Waals surface area contributed by atoms with Gasteiger partial charge in [0.25, 0.3) is 0 Å². The molecule has 13 aromatic carbocycles. The van der Waals surface area contributed by atoms with Gasteiger partial charge in [0.1, 0.15) is 11.2 Å². The standard InChI is InChI=1S/C78H56N4O/c1-8-25-60(26-9-1)79(61-27-10-2-11-28-61)67-51-45-58(46-52-67)73-55-76(82(65-35-18-6-19-36-65)66-37-20-7-21-38-66)74(56-75(73)81(63-31-14-4-15-32-63)64-33-16-5-17-34-64)59-47-53-69(54-48-59)80(62-29-12-3-13-30-62)68-49-43-57(44-50-68)70-40-24-41-72-71-39-22-23-42-77(71)83-78(70)72/h1-56H. The average Bonchev–Trinajstić information content (AvgIpc) is 3.99. The molecule has 0 amide bonds. The molecule has 0 atom stereocenters. The van der Waals surface area contributed by atoms with E-state index in [1.807, 2.05) is 12.1 Å². The Morgan fingerprint density at radius 3 is 0.795 bits per heavy atom. The van der Waals surface area contributed by atoms with Gasteiger partial charge >= 0.3 is 0 Å². The third kappa shape index (κ3) is 9.94. The van der Waals surface area contributed by atoms with Gasteiger partial charge in [-0.25, -0.2) is 0 Å². The molecule has 5 heteroatoms. The van der Waals surface area contributed by atoms with Gasteiger partial charge in [-0.3, -0.25) is 0 Å². The van der Waals surface area contributed by atoms with Crippen molar-refractivity contribution >= 4 is 90.2 Å². The molecule has 0 saturated heterocycles. The lowest BCUT2D eigenvalue weighted by Gasteiger charge is -2.33. The second kappa shape index (κ2) is 22.5. The lowest BCUT2D eigenvalue weighted by molar-refractivity contribution is 0.670. The molecule has 14 rings (SSSR count). The molecule has 1 aromatic heterocycles. The van der Waals surface area contributed by atoms with E-state index < -0.39 is 0 Å². The highest BCUT2D eigenvalue weighted by Gasteiger charge is 2.26. The summed E-state index contributed by atoms with van der Waals surface area (Å²) in [5, 5.41) is 2.24. The van der Waals surface area contributed by atoms with Crippen LogP contribution in [-0.4, -0.2) is 0 Å². The van der Waals surface area contributed by atoms with Crippen LogP contribution in [0, 0.1) is 0 Å². The van der Waals surface area contributed by atoms with Crippen LogP contribution in [0.15, 0.2) is 344 Å². The van der Waals surface area contributed by atoms with Crippen molar-refractivity contribution in [3.05, 3.63) is 340 Å². The summed E-state index contributed by atoms with van der Waals surface area (Å²) >= 11 is 0. The van der Waals surface area contributed by atoms with Gasteiger partial charge in [-0.05, 0) is 156 Å². The minimum atomic E-state index is 0.891. The third-order valence-electron chi connectivity index (χ3n) is 15.4. The van der Waals surface area contributed by atoms with Gasteiger partial charge in [0.2, 0.25) is 0 Å². The highest BCUT2D eigenvalue weighted by atomic mass is 16.3. The molecule has 0 aliphatic carbocycles. The normalized spacial score (nSPS) is 11.1. The fraction of sp³-hybridized carbons (Fsp3) is 0. The molecular weight excluding hydrogens is 1010 g/mol. The van der Waals surface area contributed by atoms with E-state index in [9.17, 15) is 0 Å². The molecule has 0 aliphatic heterocycles. The number of para-hydroxylation sites is 9. The molecule has 14 aromatic rings. The predicted octanol–water partition coefficient (Wildman–Crippen LogP) is 22.5. The van der Waals surface area contributed by atoms with Crippen molar-refractivity contribution in [2.45, 2.75) is 0 Å². The number of hydrogen-bond donors (Lipinski definition) is 0. The van der Waals surface area contributed by atoms with E-state index in [1.165, 1.54) is 0 Å². The van der Waals surface area contributed by atoms with Crippen molar-refractivity contribution in [1.82, 2.24) is 0 Å². The van der Waals surface area contributed by atoms with Gasteiger partial charge < -0.3 is 24.0 Å². The lowest BCUT2D eigenvalue weighted by Crippen LogP contribution is -2.15. The van der Waals surface area contributed by atoms with Crippen LogP contribution < -0.4 is 19.6 Å². The van der Waals surface area contributed by atoms with E-state index in [0.717, 1.165) is 124 Å². The Balaban J connectivity index is 0.951. The average molecular weight is 1070 g/mol. The van der Waals surface area contributed by atoms with Crippen molar-refractivity contribution in [2.75, 3.05) is 19.6 Å². The van der Waals surface area contributed by atoms with Crippen molar-refractivity contribution in [3.8, 4) is 33.4 Å². The Bertz CT molecular complexity index is 4330. The first-order valence-corrected chi connectivity index (χ1v) is 28.2. The van der Waals surface area contributed by atoms with Gasteiger partial charge in [-0.2, -0.15) is 0 Å². The van der Waals surface area contributed by atoms with Crippen molar-refractivity contribution < 1.29 is 4.42 Å². The summed E-state index contributed by atoms with van der Waals surface area (Å²) in [4.78, 5) is 9.44. The Morgan fingerprint density at radius 1 is 0.193 bits per heavy atom. The van der Waals surface area contributed by atoms with Crippen LogP contribution in [0.5, 0.6) is 0 Å². The number of nitrogens with zero attached hydrogens (tertiary/aromatic N) is 4. The summed E-state index contributed by atoms with van der Waals surface area (Å²) in [6.07, 6.45) is 0. The number of rotatable bonds is 15. The fourth-order valence-electron chi connectivity index (χ4n) is 11.5. The minimum absolute atomic E-state index is 0.891. The number of benzene rings is 13. The highest BCUT2D eigenvalue weighted by molar-refractivity contribution is 6.09. The first kappa shape index (κ1) is 50.1. The zero-order chi connectivity index (χ0) is 55.3. The van der Waals surface area contributed by atoms with E-state index in [0.29, 0.717) is 0 Å². The zero-order valence-electron chi connectivity index (χ0n) is 45.5. The molecule has 83 heavy (non-hydrogen) atoms. The Morgan fingerprint density at radius 2 is 0.458 bits per heavy atom. The molecule has 0 radical (unpaired) electrons. The summed E-state index contributed by atoms with van der Waals surface area (Å²) in [6, 6.07) is 121. The molecule has 0 aliphatic rings. The maximum absolute atomic E-state index is 6.49. The molecule has 0 bridgehead atoms. The van der Waals surface area contributed by atoms with Gasteiger partial charge in [0.05, 0.1) is 11.4 Å². The Kier molecular flexibility index (Phi) is 13.6. The van der Waals surface area contributed by atoms with E-state index >= 15 is 0 Å². The number of hydrogen-bond acceptors (Lipinski definition) is 5. The minimum Gasteiger partial charge on any atom is -0.455 e. The molecule has 0 saturated carbocycles. The maximum atomic E-state index is 6.49. The molecule has 0 N–H and O–H groups in total. The third-order valence-corrected chi connectivity index (χ3v) is 15.4. The van der Waals surface area contributed by atoms with Crippen molar-refractivity contribution in [2.24, 2.45) is 0 Å². The molecular formula is C78H56N4O. The van der Waals surface area contributed by atoms with Crippen LogP contribution >= 0.6 is 0 Å². The molecule has 0 fully saturated rings. The Labute approximate surface area is 484 Å². The van der Waals surface area contributed by atoms with E-state index in [2.05, 4.69) is 347 Å². The van der Waals surface area contributed by atoms with Crippen LogP contribution in [0.4, 0.5) is 68.2 Å². The summed E-state index contributed by atoms with van der Waals surface area (Å²) < 4.78 is 6.49. The van der Waals surface area contributed by atoms with E-state index in [4.69, 9.17) is 4.42 Å². The molecule has 1 heterocycles. The quantitative estimate of drug-likeness (QED) is 0.102. The van der Waals surface area contributed by atoms with Crippen LogP contribution in [-0.2, 0) is 0 Å². The number of furan rings is 1. The van der Waals surface area contributed by atoms with Gasteiger partial charge in [0, 0.05) is 84.3 Å². The molecule has 5 nitrogen and oxygen atoms in total. The monoisotopic (exact) mass is 1060 g/mol. The van der Waals surface area contributed by atoms with Crippen LogP contribution in [0.3, 0.4) is 0 Å². The second-order valence-electron chi connectivity index (χ2n) is 20.5. The van der Waals surface area contributed by atoms with Gasteiger partial charge in [-0.15, -0.1) is 0 Å². The second-order valence-corrected chi connectivity index (χ2v) is 20.5. The van der Waals surface area contributed by atoms with Gasteiger partial charge in [-0.1, -0.05) is 200 Å². The maximum Gasteiger partial charge on any atom is 0.143 e. The first-order chi connectivity index (χ1) is 41.2.